The second-order valence-electron chi connectivity index (χ2n) is 7.19. The summed E-state index contributed by atoms with van der Waals surface area (Å²) in [5, 5.41) is 10.0. The van der Waals surface area contributed by atoms with E-state index in [0.29, 0.717) is 19.5 Å². The second-order valence-corrected chi connectivity index (χ2v) is 9.70. The molecule has 1 aromatic rings. The lowest BCUT2D eigenvalue weighted by atomic mass is 10.0. The van der Waals surface area contributed by atoms with Crippen molar-refractivity contribution in [2.75, 3.05) is 13.1 Å². The zero-order valence-electron chi connectivity index (χ0n) is 14.7. The molecule has 2 aliphatic rings. The predicted molar refractivity (Wildman–Crippen MR) is 97.6 cm³/mol. The minimum Gasteiger partial charge on any atom is -0.340 e. The van der Waals surface area contributed by atoms with E-state index in [1.54, 1.807) is 17.0 Å². The molecular formula is C18H24N2O5S. The SMILES string of the molecule is O=C(CCc1ccc([N+](=O)[O-])cc1)N1CC(S(=O)(=O)C2CCCCC2)C1. The van der Waals surface area contributed by atoms with E-state index in [2.05, 4.69) is 0 Å². The summed E-state index contributed by atoms with van der Waals surface area (Å²) in [5.41, 5.74) is 0.884. The van der Waals surface area contributed by atoms with E-state index in [1.807, 2.05) is 0 Å². The first-order valence-electron chi connectivity index (χ1n) is 9.12. The molecule has 3 rings (SSSR count). The lowest BCUT2D eigenvalue weighted by Crippen LogP contribution is -2.58. The van der Waals surface area contributed by atoms with Crippen molar-refractivity contribution in [2.45, 2.75) is 55.4 Å². The molecule has 7 nitrogen and oxygen atoms in total. The molecule has 8 heteroatoms. The summed E-state index contributed by atoms with van der Waals surface area (Å²) in [6.07, 6.45) is 5.37. The molecule has 2 fully saturated rings. The zero-order valence-corrected chi connectivity index (χ0v) is 15.5. The van der Waals surface area contributed by atoms with Crippen LogP contribution < -0.4 is 0 Å². The molecule has 1 saturated carbocycles. The fourth-order valence-corrected chi connectivity index (χ4v) is 6.02. The summed E-state index contributed by atoms with van der Waals surface area (Å²) in [6.45, 7) is 0.607. The van der Waals surface area contributed by atoms with Gasteiger partial charge in [-0.05, 0) is 24.8 Å². The van der Waals surface area contributed by atoms with Crippen LogP contribution in [-0.2, 0) is 21.1 Å². The maximum atomic E-state index is 12.6. The topological polar surface area (TPSA) is 97.6 Å². The number of likely N-dealkylation sites (tertiary alicyclic amines) is 1. The molecule has 0 N–H and O–H groups in total. The summed E-state index contributed by atoms with van der Waals surface area (Å²) in [6, 6.07) is 6.15. The average molecular weight is 380 g/mol. The van der Waals surface area contributed by atoms with Crippen LogP contribution in [0.25, 0.3) is 0 Å². The summed E-state index contributed by atoms with van der Waals surface area (Å²) in [7, 11) is -3.13. The fraction of sp³-hybridized carbons (Fsp3) is 0.611. The van der Waals surface area contributed by atoms with E-state index < -0.39 is 20.0 Å². The Morgan fingerprint density at radius 2 is 1.69 bits per heavy atom. The van der Waals surface area contributed by atoms with Gasteiger partial charge in [0.1, 0.15) is 0 Å². The molecule has 1 aliphatic heterocycles. The maximum absolute atomic E-state index is 12.6. The first-order chi connectivity index (χ1) is 12.4. The Morgan fingerprint density at radius 3 is 2.27 bits per heavy atom. The van der Waals surface area contributed by atoms with Gasteiger partial charge in [-0.15, -0.1) is 0 Å². The smallest absolute Gasteiger partial charge is 0.269 e. The molecular weight excluding hydrogens is 356 g/mol. The third-order valence-electron chi connectivity index (χ3n) is 5.46. The van der Waals surface area contributed by atoms with Gasteiger partial charge in [-0.1, -0.05) is 31.4 Å². The quantitative estimate of drug-likeness (QED) is 0.558. The molecule has 142 valence electrons. The molecule has 1 heterocycles. The van der Waals surface area contributed by atoms with Crippen molar-refractivity contribution in [1.82, 2.24) is 4.90 Å². The number of hydrogen-bond acceptors (Lipinski definition) is 5. The summed E-state index contributed by atoms with van der Waals surface area (Å²) >= 11 is 0. The number of amides is 1. The van der Waals surface area contributed by atoms with E-state index in [1.165, 1.54) is 12.1 Å². The van der Waals surface area contributed by atoms with Crippen LogP contribution in [0.5, 0.6) is 0 Å². The third-order valence-corrected chi connectivity index (χ3v) is 8.08. The fourth-order valence-electron chi connectivity index (χ4n) is 3.71. The van der Waals surface area contributed by atoms with Crippen molar-refractivity contribution in [3.63, 3.8) is 0 Å². The zero-order chi connectivity index (χ0) is 18.7. The highest BCUT2D eigenvalue weighted by molar-refractivity contribution is 7.92. The van der Waals surface area contributed by atoms with Crippen LogP contribution in [0.2, 0.25) is 0 Å². The van der Waals surface area contributed by atoms with Crippen molar-refractivity contribution in [3.05, 3.63) is 39.9 Å². The van der Waals surface area contributed by atoms with Crippen LogP contribution in [-0.4, -0.2) is 47.7 Å². The molecule has 26 heavy (non-hydrogen) atoms. The van der Waals surface area contributed by atoms with Gasteiger partial charge in [-0.3, -0.25) is 14.9 Å². The molecule has 0 aromatic heterocycles. The second kappa shape index (κ2) is 7.73. The number of nitrogens with zero attached hydrogens (tertiary/aromatic N) is 2. The minimum absolute atomic E-state index is 0.0265. The normalized spacial score (nSPS) is 19.2. The van der Waals surface area contributed by atoms with Gasteiger partial charge < -0.3 is 4.90 Å². The highest BCUT2D eigenvalue weighted by atomic mass is 32.2. The van der Waals surface area contributed by atoms with Gasteiger partial charge in [-0.2, -0.15) is 0 Å². The Morgan fingerprint density at radius 1 is 1.08 bits per heavy atom. The first-order valence-corrected chi connectivity index (χ1v) is 10.7. The van der Waals surface area contributed by atoms with Crippen LogP contribution in [0.15, 0.2) is 24.3 Å². The van der Waals surface area contributed by atoms with Gasteiger partial charge in [0.15, 0.2) is 9.84 Å². The van der Waals surface area contributed by atoms with Gasteiger partial charge in [0.2, 0.25) is 5.91 Å². The van der Waals surface area contributed by atoms with Crippen molar-refractivity contribution in [2.24, 2.45) is 0 Å². The number of hydrogen-bond donors (Lipinski definition) is 0. The Kier molecular flexibility index (Phi) is 5.60. The van der Waals surface area contributed by atoms with E-state index in [0.717, 1.165) is 37.7 Å². The lowest BCUT2D eigenvalue weighted by Gasteiger charge is -2.41. The van der Waals surface area contributed by atoms with Crippen molar-refractivity contribution >= 4 is 21.4 Å². The molecule has 1 saturated heterocycles. The number of benzene rings is 1. The highest BCUT2D eigenvalue weighted by Crippen LogP contribution is 2.30. The van der Waals surface area contributed by atoms with Gasteiger partial charge >= 0.3 is 0 Å². The van der Waals surface area contributed by atoms with Gasteiger partial charge in [-0.25, -0.2) is 8.42 Å². The summed E-state index contributed by atoms with van der Waals surface area (Å²) in [4.78, 5) is 24.0. The summed E-state index contributed by atoms with van der Waals surface area (Å²) in [5.74, 6) is -0.0570. The van der Waals surface area contributed by atoms with E-state index >= 15 is 0 Å². The molecule has 0 radical (unpaired) electrons. The lowest BCUT2D eigenvalue weighted by molar-refractivity contribution is -0.384. The maximum Gasteiger partial charge on any atom is 0.269 e. The number of carbonyl (C=O) groups excluding carboxylic acids is 1. The van der Waals surface area contributed by atoms with Crippen molar-refractivity contribution in [3.8, 4) is 0 Å². The number of nitro groups is 1. The van der Waals surface area contributed by atoms with Crippen LogP contribution >= 0.6 is 0 Å². The number of carbonyl (C=O) groups is 1. The Hall–Kier alpha value is -1.96. The minimum atomic E-state index is -3.13. The van der Waals surface area contributed by atoms with Crippen LogP contribution in [0.3, 0.4) is 0 Å². The van der Waals surface area contributed by atoms with Crippen LogP contribution in [0.4, 0.5) is 5.69 Å². The van der Waals surface area contributed by atoms with Crippen LogP contribution in [0, 0.1) is 10.1 Å². The standard InChI is InChI=1S/C18H24N2O5S/c21-18(11-8-14-6-9-15(10-7-14)20(22)23)19-12-17(13-19)26(24,25)16-4-2-1-3-5-16/h6-7,9-10,16-17H,1-5,8,11-13H2. The van der Waals surface area contributed by atoms with Gasteiger partial charge in [0.05, 0.1) is 15.4 Å². The number of rotatable bonds is 6. The molecule has 0 atom stereocenters. The van der Waals surface area contributed by atoms with Crippen molar-refractivity contribution < 1.29 is 18.1 Å². The largest absolute Gasteiger partial charge is 0.340 e. The first kappa shape index (κ1) is 18.8. The molecule has 0 spiro atoms. The van der Waals surface area contributed by atoms with Gasteiger partial charge in [0.25, 0.3) is 5.69 Å². The monoisotopic (exact) mass is 380 g/mol. The summed E-state index contributed by atoms with van der Waals surface area (Å²) < 4.78 is 25.2. The van der Waals surface area contributed by atoms with Gasteiger partial charge in [0, 0.05) is 31.6 Å². The Balaban J connectivity index is 1.46. The number of aryl methyl sites for hydroxylation is 1. The highest BCUT2D eigenvalue weighted by Gasteiger charge is 2.43. The number of non-ortho nitro benzene ring substituents is 1. The molecule has 1 amide bonds. The third kappa shape index (κ3) is 4.06. The van der Waals surface area contributed by atoms with Crippen molar-refractivity contribution in [1.29, 1.82) is 0 Å². The predicted octanol–water partition coefficient (Wildman–Crippen LogP) is 2.49. The number of sulfone groups is 1. The molecule has 0 unspecified atom stereocenters. The van der Waals surface area contributed by atoms with E-state index in [-0.39, 0.29) is 23.3 Å². The number of nitro benzene ring substituents is 1. The average Bonchev–Trinajstić information content (AvgIpc) is 2.59. The molecule has 1 aliphatic carbocycles. The Labute approximate surface area is 153 Å². The molecule has 0 bridgehead atoms. The molecule has 1 aromatic carbocycles. The van der Waals surface area contributed by atoms with E-state index in [9.17, 15) is 23.3 Å². The Bertz CT molecular complexity index is 763. The van der Waals surface area contributed by atoms with Crippen LogP contribution in [0.1, 0.15) is 44.1 Å². The van der Waals surface area contributed by atoms with E-state index in [4.69, 9.17) is 0 Å².